The smallest absolute Gasteiger partial charge is 0.0887 e. The third kappa shape index (κ3) is 5.15. The van der Waals surface area contributed by atoms with Crippen molar-refractivity contribution in [3.63, 3.8) is 0 Å². The molecule has 0 aromatic carbocycles. The minimum Gasteiger partial charge on any atom is -0.375 e. The Kier molecular flexibility index (Phi) is 5.14. The van der Waals surface area contributed by atoms with Gasteiger partial charge in [0.25, 0.3) is 0 Å². The van der Waals surface area contributed by atoms with E-state index >= 15 is 0 Å². The maximum Gasteiger partial charge on any atom is 0.0887 e. The first kappa shape index (κ1) is 13.5. The molecule has 1 heterocycles. The second-order valence-electron chi connectivity index (χ2n) is 5.64. The summed E-state index contributed by atoms with van der Waals surface area (Å²) >= 11 is 0. The van der Waals surface area contributed by atoms with Crippen molar-refractivity contribution in [2.45, 2.75) is 39.8 Å². The van der Waals surface area contributed by atoms with Gasteiger partial charge in [-0.1, -0.05) is 19.9 Å². The number of rotatable bonds is 8. The van der Waals surface area contributed by atoms with E-state index in [9.17, 15) is 0 Å². The van der Waals surface area contributed by atoms with Gasteiger partial charge in [-0.15, -0.1) is 0 Å². The molecule has 0 saturated heterocycles. The molecule has 1 fully saturated rings. The maximum atomic E-state index is 5.62. The molecule has 0 aliphatic heterocycles. The molecule has 2 rings (SSSR count). The fraction of sp³-hybridized carbons (Fsp3) is 0.667. The van der Waals surface area contributed by atoms with Crippen LogP contribution >= 0.6 is 0 Å². The number of hydrogen-bond donors (Lipinski definition) is 1. The number of aromatic nitrogens is 1. The van der Waals surface area contributed by atoms with Crippen LogP contribution in [0.2, 0.25) is 0 Å². The van der Waals surface area contributed by atoms with Crippen LogP contribution in [0.4, 0.5) is 0 Å². The SMILES string of the molecule is CC(C)CNCc1ccc(COCC2CC2)nc1. The Labute approximate surface area is 110 Å². The van der Waals surface area contributed by atoms with Crippen LogP contribution in [0.25, 0.3) is 0 Å². The van der Waals surface area contributed by atoms with Crippen molar-refractivity contribution in [3.8, 4) is 0 Å². The molecule has 3 nitrogen and oxygen atoms in total. The summed E-state index contributed by atoms with van der Waals surface area (Å²) in [6, 6.07) is 4.20. The zero-order chi connectivity index (χ0) is 12.8. The summed E-state index contributed by atoms with van der Waals surface area (Å²) in [4.78, 5) is 4.43. The molecule has 1 aromatic rings. The number of nitrogens with zero attached hydrogens (tertiary/aromatic N) is 1. The van der Waals surface area contributed by atoms with Gasteiger partial charge in [0.2, 0.25) is 0 Å². The Hall–Kier alpha value is -0.930. The highest BCUT2D eigenvalue weighted by Crippen LogP contribution is 2.28. The Morgan fingerprint density at radius 2 is 2.22 bits per heavy atom. The molecule has 1 aliphatic carbocycles. The van der Waals surface area contributed by atoms with Crippen molar-refractivity contribution in [1.82, 2.24) is 10.3 Å². The summed E-state index contributed by atoms with van der Waals surface area (Å²) in [5, 5.41) is 3.42. The highest BCUT2D eigenvalue weighted by molar-refractivity contribution is 5.13. The van der Waals surface area contributed by atoms with Crippen LogP contribution in [0.1, 0.15) is 37.9 Å². The normalized spacial score (nSPS) is 15.3. The molecule has 0 spiro atoms. The molecule has 100 valence electrons. The van der Waals surface area contributed by atoms with E-state index in [0.717, 1.165) is 31.3 Å². The maximum absolute atomic E-state index is 5.62. The molecule has 0 unspecified atom stereocenters. The summed E-state index contributed by atoms with van der Waals surface area (Å²) < 4.78 is 5.62. The predicted octanol–water partition coefficient (Wildman–Crippen LogP) is 2.75. The average Bonchev–Trinajstić information content (AvgIpc) is 3.15. The summed E-state index contributed by atoms with van der Waals surface area (Å²) in [7, 11) is 0. The lowest BCUT2D eigenvalue weighted by Gasteiger charge is -2.08. The van der Waals surface area contributed by atoms with Crippen LogP contribution in [-0.4, -0.2) is 18.1 Å². The second-order valence-corrected chi connectivity index (χ2v) is 5.64. The molecule has 0 radical (unpaired) electrons. The van der Waals surface area contributed by atoms with E-state index in [1.807, 2.05) is 6.20 Å². The lowest BCUT2D eigenvalue weighted by molar-refractivity contribution is 0.109. The Morgan fingerprint density at radius 3 is 2.83 bits per heavy atom. The van der Waals surface area contributed by atoms with Crippen LogP contribution < -0.4 is 5.32 Å². The van der Waals surface area contributed by atoms with E-state index in [4.69, 9.17) is 4.74 Å². The van der Waals surface area contributed by atoms with E-state index in [2.05, 4.69) is 36.3 Å². The van der Waals surface area contributed by atoms with Gasteiger partial charge in [0.05, 0.1) is 12.3 Å². The minimum atomic E-state index is 0.649. The van der Waals surface area contributed by atoms with Crippen LogP contribution in [0, 0.1) is 11.8 Å². The zero-order valence-electron chi connectivity index (χ0n) is 11.5. The van der Waals surface area contributed by atoms with Crippen LogP contribution in [0.3, 0.4) is 0 Å². The Balaban J connectivity index is 1.67. The molecule has 0 amide bonds. The third-order valence-electron chi connectivity index (χ3n) is 3.07. The number of nitrogens with one attached hydrogen (secondary N) is 1. The van der Waals surface area contributed by atoms with E-state index in [-0.39, 0.29) is 0 Å². The molecule has 1 saturated carbocycles. The molecule has 3 heteroatoms. The first-order chi connectivity index (χ1) is 8.74. The van der Waals surface area contributed by atoms with Gasteiger partial charge in [0.1, 0.15) is 0 Å². The summed E-state index contributed by atoms with van der Waals surface area (Å²) in [6.07, 6.45) is 4.63. The summed E-state index contributed by atoms with van der Waals surface area (Å²) in [6.45, 7) is 7.92. The van der Waals surface area contributed by atoms with Gasteiger partial charge >= 0.3 is 0 Å². The largest absolute Gasteiger partial charge is 0.375 e. The van der Waals surface area contributed by atoms with Gasteiger partial charge in [-0.25, -0.2) is 0 Å². The zero-order valence-corrected chi connectivity index (χ0v) is 11.5. The van der Waals surface area contributed by atoms with Gasteiger partial charge < -0.3 is 10.1 Å². The van der Waals surface area contributed by atoms with Crippen molar-refractivity contribution in [2.24, 2.45) is 11.8 Å². The molecular formula is C15H24N2O. The van der Waals surface area contributed by atoms with Crippen molar-refractivity contribution in [1.29, 1.82) is 0 Å². The highest BCUT2D eigenvalue weighted by Gasteiger charge is 2.21. The second kappa shape index (κ2) is 6.86. The Morgan fingerprint density at radius 1 is 1.39 bits per heavy atom. The molecule has 1 N–H and O–H groups in total. The lowest BCUT2D eigenvalue weighted by atomic mass is 10.2. The molecular weight excluding hydrogens is 224 g/mol. The standard InChI is InChI=1S/C15H24N2O/c1-12(2)7-16-8-14-5-6-15(17-9-14)11-18-10-13-3-4-13/h5-6,9,12-13,16H,3-4,7-8,10-11H2,1-2H3. The van der Waals surface area contributed by atoms with Gasteiger partial charge in [-0.05, 0) is 42.9 Å². The first-order valence-electron chi connectivity index (χ1n) is 6.96. The Bertz CT molecular complexity index is 317. The fourth-order valence-electron chi connectivity index (χ4n) is 1.76. The van der Waals surface area contributed by atoms with Gasteiger partial charge in [-0.3, -0.25) is 4.98 Å². The number of hydrogen-bond acceptors (Lipinski definition) is 3. The van der Waals surface area contributed by atoms with E-state index in [0.29, 0.717) is 12.5 Å². The van der Waals surface area contributed by atoms with Crippen LogP contribution in [-0.2, 0) is 17.9 Å². The fourth-order valence-corrected chi connectivity index (χ4v) is 1.76. The van der Waals surface area contributed by atoms with E-state index in [1.54, 1.807) is 0 Å². The third-order valence-corrected chi connectivity index (χ3v) is 3.07. The summed E-state index contributed by atoms with van der Waals surface area (Å²) in [5.74, 6) is 1.51. The van der Waals surface area contributed by atoms with E-state index in [1.165, 1.54) is 18.4 Å². The highest BCUT2D eigenvalue weighted by atomic mass is 16.5. The van der Waals surface area contributed by atoms with Crippen molar-refractivity contribution >= 4 is 0 Å². The summed E-state index contributed by atoms with van der Waals surface area (Å²) in [5.41, 5.74) is 2.27. The van der Waals surface area contributed by atoms with Crippen molar-refractivity contribution in [2.75, 3.05) is 13.2 Å². The van der Waals surface area contributed by atoms with E-state index < -0.39 is 0 Å². The topological polar surface area (TPSA) is 34.1 Å². The molecule has 1 aliphatic rings. The quantitative estimate of drug-likeness (QED) is 0.768. The average molecular weight is 248 g/mol. The van der Waals surface area contributed by atoms with Crippen molar-refractivity contribution < 1.29 is 4.74 Å². The molecule has 18 heavy (non-hydrogen) atoms. The predicted molar refractivity (Wildman–Crippen MR) is 73.2 cm³/mol. The molecule has 0 bridgehead atoms. The van der Waals surface area contributed by atoms with Gasteiger partial charge in [0, 0.05) is 19.3 Å². The minimum absolute atomic E-state index is 0.649. The van der Waals surface area contributed by atoms with Gasteiger partial charge in [0.15, 0.2) is 0 Å². The monoisotopic (exact) mass is 248 g/mol. The first-order valence-corrected chi connectivity index (χ1v) is 6.96. The number of ether oxygens (including phenoxy) is 1. The van der Waals surface area contributed by atoms with Crippen LogP contribution in [0.15, 0.2) is 18.3 Å². The van der Waals surface area contributed by atoms with Crippen LogP contribution in [0.5, 0.6) is 0 Å². The molecule has 0 atom stereocenters. The van der Waals surface area contributed by atoms with Gasteiger partial charge in [-0.2, -0.15) is 0 Å². The lowest BCUT2D eigenvalue weighted by Crippen LogP contribution is -2.19. The van der Waals surface area contributed by atoms with Crippen molar-refractivity contribution in [3.05, 3.63) is 29.6 Å². The molecule has 1 aromatic heterocycles. The number of pyridine rings is 1.